The summed E-state index contributed by atoms with van der Waals surface area (Å²) in [5.41, 5.74) is 0.643. The van der Waals surface area contributed by atoms with E-state index in [2.05, 4.69) is 0 Å². The van der Waals surface area contributed by atoms with Crippen molar-refractivity contribution in [2.45, 2.75) is 6.92 Å². The first kappa shape index (κ1) is 16.6. The number of ether oxygens (including phenoxy) is 1. The van der Waals surface area contributed by atoms with Crippen LogP contribution in [0.4, 0.5) is 0 Å². The van der Waals surface area contributed by atoms with E-state index in [0.717, 1.165) is 11.6 Å². The van der Waals surface area contributed by atoms with Gasteiger partial charge in [0, 0.05) is 16.8 Å². The number of hydrogen-bond donors (Lipinski definition) is 1. The summed E-state index contributed by atoms with van der Waals surface area (Å²) in [5, 5.41) is 16.5. The first-order chi connectivity index (χ1) is 9.93. The molecule has 0 radical (unpaired) electrons. The minimum atomic E-state index is -1.17. The summed E-state index contributed by atoms with van der Waals surface area (Å²) in [5.74, 6) is -2.49. The van der Waals surface area contributed by atoms with Crippen molar-refractivity contribution >= 4 is 35.1 Å². The number of nitrogens with one attached hydrogen (secondary N) is 1. The molecule has 0 heterocycles. The summed E-state index contributed by atoms with van der Waals surface area (Å²) in [6.45, 7) is 0.819. The van der Waals surface area contributed by atoms with Gasteiger partial charge >= 0.3 is 5.97 Å². The zero-order valence-corrected chi connectivity index (χ0v) is 12.1. The van der Waals surface area contributed by atoms with Crippen molar-refractivity contribution in [3.63, 3.8) is 0 Å². The van der Waals surface area contributed by atoms with Crippen LogP contribution >= 0.6 is 11.6 Å². The average molecular weight is 305 g/mol. The van der Waals surface area contributed by atoms with Crippen molar-refractivity contribution in [3.8, 4) is 6.07 Å². The van der Waals surface area contributed by atoms with Gasteiger partial charge in [0.2, 0.25) is 0 Å². The molecule has 21 heavy (non-hydrogen) atoms. The smallest absolute Gasteiger partial charge is 0.331 e. The van der Waals surface area contributed by atoms with Gasteiger partial charge in [0.25, 0.3) is 0 Å². The maximum Gasteiger partial charge on any atom is 0.331 e. The number of esters is 1. The number of benzene rings is 1. The average Bonchev–Trinajstić information content (AvgIpc) is 2.43. The first-order valence-electron chi connectivity index (χ1n) is 6.02. The fourth-order valence-electron chi connectivity index (χ4n) is 1.46. The van der Waals surface area contributed by atoms with Crippen LogP contribution in [0.2, 0.25) is 5.02 Å². The summed E-state index contributed by atoms with van der Waals surface area (Å²) >= 11 is 5.80. The zero-order chi connectivity index (χ0) is 15.8. The number of halogens is 1. The van der Waals surface area contributed by atoms with Gasteiger partial charge in [-0.25, -0.2) is 4.79 Å². The predicted octanol–water partition coefficient (Wildman–Crippen LogP) is 2.64. The lowest BCUT2D eigenvalue weighted by molar-refractivity contribution is -0.143. The largest absolute Gasteiger partial charge is 0.454 e. The molecule has 1 aromatic carbocycles. The molecule has 0 fully saturated rings. The molecular formula is C15H13ClN2O3. The molecule has 0 aliphatic heterocycles. The molecule has 1 N–H and O–H groups in total. The molecule has 0 saturated heterocycles. The van der Waals surface area contributed by atoms with Crippen molar-refractivity contribution in [3.05, 3.63) is 40.9 Å². The molecule has 1 unspecified atom stereocenters. The molecule has 6 heteroatoms. The second-order valence-corrected chi connectivity index (χ2v) is 4.64. The number of carbonyl (C=O) groups is 2. The molecule has 0 spiro atoms. The third kappa shape index (κ3) is 5.59. The standard InChI is InChI=1S/C15H13ClN2O3/c1-10(18)13(8-17)14(19)9-21-15(20)6-5-11-3-2-4-12(16)7-11/h2-7,13,18H,9H2,1H3/b6-5+,18-10?. The summed E-state index contributed by atoms with van der Waals surface area (Å²) < 4.78 is 4.73. The van der Waals surface area contributed by atoms with Gasteiger partial charge in [-0.15, -0.1) is 0 Å². The molecule has 1 rings (SSSR count). The Bertz CT molecular complexity index is 632. The van der Waals surface area contributed by atoms with Crippen molar-refractivity contribution in [2.75, 3.05) is 6.61 Å². The van der Waals surface area contributed by atoms with Gasteiger partial charge in [0.15, 0.2) is 12.4 Å². The molecule has 1 aromatic rings. The molecule has 108 valence electrons. The number of nitrogens with zero attached hydrogens (tertiary/aromatic N) is 1. The Morgan fingerprint density at radius 3 is 2.81 bits per heavy atom. The minimum Gasteiger partial charge on any atom is -0.454 e. The Labute approximate surface area is 127 Å². The van der Waals surface area contributed by atoms with Gasteiger partial charge < -0.3 is 10.1 Å². The Morgan fingerprint density at radius 1 is 1.52 bits per heavy atom. The Hall–Kier alpha value is -2.45. The van der Waals surface area contributed by atoms with E-state index < -0.39 is 24.3 Å². The van der Waals surface area contributed by atoms with Gasteiger partial charge in [-0.05, 0) is 30.7 Å². The van der Waals surface area contributed by atoms with E-state index in [4.69, 9.17) is 27.0 Å². The number of carbonyl (C=O) groups excluding carboxylic acids is 2. The Morgan fingerprint density at radius 2 is 2.24 bits per heavy atom. The highest BCUT2D eigenvalue weighted by Crippen LogP contribution is 2.11. The van der Waals surface area contributed by atoms with E-state index in [1.807, 2.05) is 0 Å². The lowest BCUT2D eigenvalue weighted by atomic mass is 10.0. The van der Waals surface area contributed by atoms with Crippen molar-refractivity contribution in [1.82, 2.24) is 0 Å². The molecule has 5 nitrogen and oxygen atoms in total. The SMILES string of the molecule is CC(=N)C(C#N)C(=O)COC(=O)/C=C/c1cccc(Cl)c1. The second kappa shape index (κ2) is 7.98. The van der Waals surface area contributed by atoms with Crippen LogP contribution in [-0.4, -0.2) is 24.1 Å². The third-order valence-corrected chi connectivity index (χ3v) is 2.74. The van der Waals surface area contributed by atoms with Crippen molar-refractivity contribution in [2.24, 2.45) is 5.92 Å². The van der Waals surface area contributed by atoms with Gasteiger partial charge in [-0.1, -0.05) is 23.7 Å². The van der Waals surface area contributed by atoms with Gasteiger partial charge in [-0.3, -0.25) is 4.79 Å². The summed E-state index contributed by atoms with van der Waals surface area (Å²) in [6.07, 6.45) is 2.67. The van der Waals surface area contributed by atoms with Gasteiger partial charge in [0.1, 0.15) is 5.92 Å². The monoisotopic (exact) mass is 304 g/mol. The van der Waals surface area contributed by atoms with Gasteiger partial charge in [0.05, 0.1) is 6.07 Å². The zero-order valence-electron chi connectivity index (χ0n) is 11.3. The lowest BCUT2D eigenvalue weighted by Crippen LogP contribution is -2.25. The van der Waals surface area contributed by atoms with E-state index in [1.54, 1.807) is 30.3 Å². The Kier molecular flexibility index (Phi) is 6.31. The number of ketones is 1. The van der Waals surface area contributed by atoms with Gasteiger partial charge in [-0.2, -0.15) is 5.26 Å². The number of Topliss-reactive ketones (excluding diaryl/α,β-unsaturated/α-hetero) is 1. The first-order valence-corrected chi connectivity index (χ1v) is 6.39. The quantitative estimate of drug-likeness (QED) is 0.497. The highest BCUT2D eigenvalue weighted by Gasteiger charge is 2.20. The number of rotatable bonds is 6. The van der Waals surface area contributed by atoms with E-state index in [0.29, 0.717) is 5.02 Å². The fourth-order valence-corrected chi connectivity index (χ4v) is 1.66. The molecular weight excluding hydrogens is 292 g/mol. The van der Waals surface area contributed by atoms with Crippen LogP contribution in [0, 0.1) is 22.7 Å². The molecule has 0 amide bonds. The highest BCUT2D eigenvalue weighted by atomic mass is 35.5. The Balaban J connectivity index is 2.53. The van der Waals surface area contributed by atoms with Crippen LogP contribution in [0.15, 0.2) is 30.3 Å². The molecule has 0 aliphatic rings. The van der Waals surface area contributed by atoms with Crippen LogP contribution in [-0.2, 0) is 14.3 Å². The summed E-state index contributed by atoms with van der Waals surface area (Å²) in [4.78, 5) is 23.0. The van der Waals surface area contributed by atoms with Crippen molar-refractivity contribution < 1.29 is 14.3 Å². The maximum atomic E-state index is 11.6. The summed E-state index contributed by atoms with van der Waals surface area (Å²) in [7, 11) is 0. The van der Waals surface area contributed by atoms with Crippen LogP contribution in [0.3, 0.4) is 0 Å². The third-order valence-electron chi connectivity index (χ3n) is 2.50. The van der Waals surface area contributed by atoms with Crippen LogP contribution < -0.4 is 0 Å². The van der Waals surface area contributed by atoms with Crippen LogP contribution in [0.5, 0.6) is 0 Å². The molecule has 0 bridgehead atoms. The van der Waals surface area contributed by atoms with E-state index >= 15 is 0 Å². The van der Waals surface area contributed by atoms with E-state index in [1.165, 1.54) is 13.0 Å². The maximum absolute atomic E-state index is 11.6. The fraction of sp³-hybridized carbons (Fsp3) is 0.200. The predicted molar refractivity (Wildman–Crippen MR) is 79.0 cm³/mol. The topological polar surface area (TPSA) is 91.0 Å². The molecule has 0 aliphatic carbocycles. The molecule has 1 atom stereocenters. The lowest BCUT2D eigenvalue weighted by Gasteiger charge is -2.05. The molecule has 0 aromatic heterocycles. The van der Waals surface area contributed by atoms with E-state index in [-0.39, 0.29) is 5.71 Å². The normalized spacial score (nSPS) is 11.7. The van der Waals surface area contributed by atoms with Crippen LogP contribution in [0.1, 0.15) is 12.5 Å². The van der Waals surface area contributed by atoms with Crippen LogP contribution in [0.25, 0.3) is 6.08 Å². The van der Waals surface area contributed by atoms with E-state index in [9.17, 15) is 9.59 Å². The summed E-state index contributed by atoms with van der Waals surface area (Å²) in [6, 6.07) is 8.56. The minimum absolute atomic E-state index is 0.0759. The number of hydrogen-bond acceptors (Lipinski definition) is 5. The highest BCUT2D eigenvalue weighted by molar-refractivity contribution is 6.30. The molecule has 0 saturated carbocycles. The second-order valence-electron chi connectivity index (χ2n) is 4.21. The van der Waals surface area contributed by atoms with Crippen molar-refractivity contribution in [1.29, 1.82) is 10.7 Å². The number of nitriles is 1.